The van der Waals surface area contributed by atoms with Gasteiger partial charge in [0.2, 0.25) is 24.1 Å². The summed E-state index contributed by atoms with van der Waals surface area (Å²) < 4.78 is 61.5. The summed E-state index contributed by atoms with van der Waals surface area (Å²) in [6, 6.07) is -2.57. The van der Waals surface area contributed by atoms with Gasteiger partial charge in [-0.3, -0.25) is 14.4 Å². The van der Waals surface area contributed by atoms with Crippen LogP contribution in [0.25, 0.3) is 0 Å². The molecule has 15 heteroatoms. The molecule has 11 nitrogen and oxygen atoms in total. The van der Waals surface area contributed by atoms with Crippen molar-refractivity contribution in [2.24, 2.45) is 23.7 Å². The summed E-state index contributed by atoms with van der Waals surface area (Å²) in [5.41, 5.74) is -1.10. The summed E-state index contributed by atoms with van der Waals surface area (Å²) in [4.78, 5) is 66.2. The van der Waals surface area contributed by atoms with Crippen LogP contribution in [-0.4, -0.2) is 84.0 Å². The number of carboxylic acids is 1. The van der Waals surface area contributed by atoms with E-state index in [0.717, 1.165) is 57.8 Å². The normalized spacial score (nSPS) is 21.1. The molecule has 1 saturated heterocycles. The Kier molecular flexibility index (Phi) is 14.5. The lowest BCUT2D eigenvalue weighted by atomic mass is 9.79. The first-order valence-electron chi connectivity index (χ1n) is 18.1. The number of carbonyl (C=O) groups excluding carboxylic acids is 4. The Bertz CT molecular complexity index is 1380. The molecule has 1 aromatic carbocycles. The van der Waals surface area contributed by atoms with Gasteiger partial charge in [-0.05, 0) is 61.5 Å². The van der Waals surface area contributed by atoms with Crippen molar-refractivity contribution in [1.29, 1.82) is 0 Å². The monoisotopic (exact) mass is 726 g/mol. The molecule has 3 fully saturated rings. The van der Waals surface area contributed by atoms with E-state index in [1.165, 1.54) is 4.90 Å². The van der Waals surface area contributed by atoms with Gasteiger partial charge in [0.05, 0.1) is 12.2 Å². The average molecular weight is 727 g/mol. The second kappa shape index (κ2) is 18.5. The number of halogens is 4. The van der Waals surface area contributed by atoms with Crippen molar-refractivity contribution in [1.82, 2.24) is 20.9 Å². The molecule has 2 aliphatic carbocycles. The number of alkyl halides is 2. The second-order valence-electron chi connectivity index (χ2n) is 14.5. The summed E-state index contributed by atoms with van der Waals surface area (Å²) in [7, 11) is 0. The van der Waals surface area contributed by atoms with E-state index >= 15 is 0 Å². The molecular formula is C36H50F4N4O7. The highest BCUT2D eigenvalue weighted by Gasteiger charge is 2.45. The SMILES string of the molecule is CC(C)[C@H](NC(=O)OCC1CCCC1)C(=O)N1C[C@H](C2CCCCC2)C[C@H]1C(=O)N[C@@H](CC(F)F)C(=O)NCCc1c(F)cc(C(=O)O)cc1F. The predicted molar refractivity (Wildman–Crippen MR) is 178 cm³/mol. The predicted octanol–water partition coefficient (Wildman–Crippen LogP) is 5.20. The van der Waals surface area contributed by atoms with E-state index in [1.54, 1.807) is 13.8 Å². The van der Waals surface area contributed by atoms with Crippen LogP contribution in [0, 0.1) is 35.3 Å². The maximum absolute atomic E-state index is 14.4. The number of aromatic carboxylic acids is 1. The number of alkyl carbamates (subject to hydrolysis) is 1. The highest BCUT2D eigenvalue weighted by atomic mass is 19.3. The van der Waals surface area contributed by atoms with Gasteiger partial charge < -0.3 is 30.7 Å². The molecule has 3 aliphatic rings. The van der Waals surface area contributed by atoms with Crippen molar-refractivity contribution in [3.63, 3.8) is 0 Å². The Balaban J connectivity index is 1.46. The van der Waals surface area contributed by atoms with E-state index in [2.05, 4.69) is 16.0 Å². The van der Waals surface area contributed by atoms with Crippen LogP contribution in [0.2, 0.25) is 0 Å². The minimum absolute atomic E-state index is 0.0492. The van der Waals surface area contributed by atoms with Gasteiger partial charge in [-0.2, -0.15) is 0 Å². The third kappa shape index (κ3) is 11.0. The Hall–Kier alpha value is -3.91. The van der Waals surface area contributed by atoms with Crippen LogP contribution in [0.4, 0.5) is 22.4 Å². The maximum Gasteiger partial charge on any atom is 0.407 e. The molecule has 1 heterocycles. The number of ether oxygens (including phenoxy) is 1. The molecule has 2 saturated carbocycles. The number of benzene rings is 1. The fourth-order valence-corrected chi connectivity index (χ4v) is 7.62. The van der Waals surface area contributed by atoms with Gasteiger partial charge in [-0.25, -0.2) is 27.2 Å². The van der Waals surface area contributed by atoms with Crippen LogP contribution in [-0.2, 0) is 25.5 Å². The molecule has 0 unspecified atom stereocenters. The summed E-state index contributed by atoms with van der Waals surface area (Å²) >= 11 is 0. The number of likely N-dealkylation sites (tertiary alicyclic amines) is 1. The highest BCUT2D eigenvalue weighted by Crippen LogP contribution is 2.38. The minimum Gasteiger partial charge on any atom is -0.478 e. The lowest BCUT2D eigenvalue weighted by molar-refractivity contribution is -0.141. The first-order valence-corrected chi connectivity index (χ1v) is 18.1. The summed E-state index contributed by atoms with van der Waals surface area (Å²) in [6.07, 6.45) is 4.13. The highest BCUT2D eigenvalue weighted by molar-refractivity contribution is 5.94. The number of hydrogen-bond donors (Lipinski definition) is 4. The third-order valence-corrected chi connectivity index (χ3v) is 10.5. The van der Waals surface area contributed by atoms with Gasteiger partial charge in [-0.15, -0.1) is 0 Å². The summed E-state index contributed by atoms with van der Waals surface area (Å²) in [6.45, 7) is 3.59. The number of carboxylic acid groups (broad SMARTS) is 1. The van der Waals surface area contributed by atoms with Crippen LogP contribution < -0.4 is 16.0 Å². The molecule has 4 atom stereocenters. The molecular weight excluding hydrogens is 676 g/mol. The Morgan fingerprint density at radius 1 is 0.922 bits per heavy atom. The first kappa shape index (κ1) is 39.9. The molecule has 0 aromatic heterocycles. The summed E-state index contributed by atoms with van der Waals surface area (Å²) in [5, 5.41) is 16.4. The van der Waals surface area contributed by atoms with E-state index in [9.17, 15) is 41.5 Å². The lowest BCUT2D eigenvalue weighted by Crippen LogP contribution is -2.57. The number of nitrogens with one attached hydrogen (secondary N) is 3. The van der Waals surface area contributed by atoms with Gasteiger partial charge in [0.25, 0.3) is 0 Å². The first-order chi connectivity index (χ1) is 24.2. The van der Waals surface area contributed by atoms with E-state index in [0.29, 0.717) is 12.1 Å². The third-order valence-electron chi connectivity index (χ3n) is 10.5. The van der Waals surface area contributed by atoms with E-state index < -0.39 is 96.5 Å². The fraction of sp³-hybridized carbons (Fsp3) is 0.694. The zero-order valence-electron chi connectivity index (χ0n) is 29.2. The van der Waals surface area contributed by atoms with Crippen LogP contribution in [0.1, 0.15) is 100 Å². The minimum atomic E-state index is -3.00. The Morgan fingerprint density at radius 3 is 2.14 bits per heavy atom. The molecule has 51 heavy (non-hydrogen) atoms. The van der Waals surface area contributed by atoms with Crippen molar-refractivity contribution in [2.45, 2.75) is 115 Å². The molecule has 4 amide bonds. The fourth-order valence-electron chi connectivity index (χ4n) is 7.62. The molecule has 284 valence electrons. The standard InChI is InChI=1S/C36H50F4N4O7/c1-20(2)31(43-36(50)51-19-21-8-6-7-9-21)34(47)44-18-24(22-10-4-3-5-11-22)16-29(44)33(46)42-28(17-30(39)40)32(45)41-13-12-25-26(37)14-23(35(48)49)15-27(25)38/h14-15,20-22,24,28-31H,3-13,16-19H2,1-2H3,(H,41,45)(H,42,46)(H,43,50)(H,48,49)/t24-,28+,29+,31+/m1/s1. The molecule has 0 radical (unpaired) electrons. The average Bonchev–Trinajstić information content (AvgIpc) is 3.78. The Labute approximate surface area is 295 Å². The molecule has 1 aromatic rings. The second-order valence-corrected chi connectivity index (χ2v) is 14.5. The van der Waals surface area contributed by atoms with Crippen molar-refractivity contribution in [3.05, 3.63) is 34.9 Å². The molecule has 0 spiro atoms. The molecule has 0 bridgehead atoms. The van der Waals surface area contributed by atoms with Gasteiger partial charge in [0.1, 0.15) is 29.8 Å². The van der Waals surface area contributed by atoms with Crippen molar-refractivity contribution >= 4 is 29.8 Å². The number of amides is 4. The van der Waals surface area contributed by atoms with E-state index in [4.69, 9.17) is 9.84 Å². The van der Waals surface area contributed by atoms with Crippen LogP contribution in [0.3, 0.4) is 0 Å². The van der Waals surface area contributed by atoms with Crippen LogP contribution in [0.15, 0.2) is 12.1 Å². The zero-order valence-corrected chi connectivity index (χ0v) is 29.2. The zero-order chi connectivity index (χ0) is 37.2. The van der Waals surface area contributed by atoms with Crippen LogP contribution in [0.5, 0.6) is 0 Å². The van der Waals surface area contributed by atoms with Gasteiger partial charge in [0.15, 0.2) is 0 Å². The van der Waals surface area contributed by atoms with Gasteiger partial charge >= 0.3 is 12.1 Å². The number of nitrogens with zero attached hydrogens (tertiary/aromatic N) is 1. The molecule has 1 aliphatic heterocycles. The number of carbonyl (C=O) groups is 5. The van der Waals surface area contributed by atoms with Crippen molar-refractivity contribution in [3.8, 4) is 0 Å². The van der Waals surface area contributed by atoms with Crippen LogP contribution >= 0.6 is 0 Å². The smallest absolute Gasteiger partial charge is 0.407 e. The topological polar surface area (TPSA) is 154 Å². The maximum atomic E-state index is 14.4. The largest absolute Gasteiger partial charge is 0.478 e. The van der Waals surface area contributed by atoms with Crippen molar-refractivity contribution in [2.75, 3.05) is 19.7 Å². The molecule has 4 rings (SSSR count). The molecule has 4 N–H and O–H groups in total. The quantitative estimate of drug-likeness (QED) is 0.181. The summed E-state index contributed by atoms with van der Waals surface area (Å²) in [5.74, 6) is -6.03. The Morgan fingerprint density at radius 2 is 1.55 bits per heavy atom. The van der Waals surface area contributed by atoms with Gasteiger partial charge in [-0.1, -0.05) is 58.8 Å². The van der Waals surface area contributed by atoms with E-state index in [-0.39, 0.29) is 43.2 Å². The van der Waals surface area contributed by atoms with Crippen molar-refractivity contribution < 1.29 is 51.4 Å². The van der Waals surface area contributed by atoms with E-state index in [1.807, 2.05) is 0 Å². The van der Waals surface area contributed by atoms with Gasteiger partial charge in [0, 0.05) is 25.1 Å². The number of rotatable bonds is 15. The lowest BCUT2D eigenvalue weighted by Gasteiger charge is -2.31. The number of hydrogen-bond acceptors (Lipinski definition) is 6.